The number of halogens is 5. The summed E-state index contributed by atoms with van der Waals surface area (Å²) in [5, 5.41) is 3.15. The number of hydrogen-bond donors (Lipinski definition) is 1. The second-order valence-corrected chi connectivity index (χ2v) is 12.5. The minimum atomic E-state index is -1.17. The Bertz CT molecular complexity index is 1190. The van der Waals surface area contributed by atoms with Crippen LogP contribution in [0.5, 0.6) is 0 Å². The highest BCUT2D eigenvalue weighted by molar-refractivity contribution is 14.1. The lowest BCUT2D eigenvalue weighted by atomic mass is 10.0. The normalized spacial score (nSPS) is 13.9. The van der Waals surface area contributed by atoms with Gasteiger partial charge in [-0.05, 0) is 121 Å². The Morgan fingerprint density at radius 1 is 1.00 bits per heavy atom. The maximum Gasteiger partial charge on any atom is 0.330 e. The van der Waals surface area contributed by atoms with Gasteiger partial charge in [0.1, 0.15) is 6.04 Å². The van der Waals surface area contributed by atoms with Gasteiger partial charge in [-0.3, -0.25) is 19.3 Å². The number of ether oxygens (including phenoxy) is 1. The predicted molar refractivity (Wildman–Crippen MR) is 162 cm³/mol. The Morgan fingerprint density at radius 3 is 2.03 bits per heavy atom. The molecule has 0 fully saturated rings. The Morgan fingerprint density at radius 2 is 1.53 bits per heavy atom. The SMILES string of the molecule is Cc1c(Cl)cccc1NC(=O)COC(=O)[C@@H](C(C)C)N1C(=O)c2c(I)c(I)c(I)c(I)c2C1=O. The number of benzene rings is 2. The number of amides is 3. The number of nitrogens with one attached hydrogen (secondary N) is 1. The van der Waals surface area contributed by atoms with Crippen LogP contribution in [0.3, 0.4) is 0 Å². The molecule has 1 aliphatic heterocycles. The van der Waals surface area contributed by atoms with Crippen LogP contribution in [0.15, 0.2) is 18.2 Å². The van der Waals surface area contributed by atoms with Gasteiger partial charge >= 0.3 is 5.97 Å². The number of carbonyl (C=O) groups is 4. The van der Waals surface area contributed by atoms with E-state index in [-0.39, 0.29) is 0 Å². The molecule has 7 nitrogen and oxygen atoms in total. The highest BCUT2D eigenvalue weighted by Gasteiger charge is 2.47. The van der Waals surface area contributed by atoms with Crippen molar-refractivity contribution in [3.8, 4) is 0 Å². The fourth-order valence-electron chi connectivity index (χ4n) is 3.45. The molecule has 180 valence electrons. The number of imide groups is 1. The Labute approximate surface area is 256 Å². The third-order valence-corrected chi connectivity index (χ3v) is 13.0. The summed E-state index contributed by atoms with van der Waals surface area (Å²) in [6.07, 6.45) is 0. The third-order valence-electron chi connectivity index (χ3n) is 5.17. The molecule has 0 bridgehead atoms. The van der Waals surface area contributed by atoms with Gasteiger partial charge in [-0.25, -0.2) is 4.79 Å². The Balaban J connectivity index is 1.81. The molecule has 3 rings (SSSR count). The molecule has 2 aromatic rings. The fraction of sp³-hybridized carbons (Fsp3) is 0.273. The molecule has 3 amide bonds. The van der Waals surface area contributed by atoms with Crippen LogP contribution in [-0.4, -0.2) is 41.2 Å². The highest BCUT2D eigenvalue weighted by atomic mass is 127. The van der Waals surface area contributed by atoms with Crippen LogP contribution in [-0.2, 0) is 14.3 Å². The molecule has 0 radical (unpaired) electrons. The zero-order valence-electron chi connectivity index (χ0n) is 18.0. The summed E-state index contributed by atoms with van der Waals surface area (Å²) in [5.74, 6) is -2.88. The number of esters is 1. The van der Waals surface area contributed by atoms with E-state index < -0.39 is 42.3 Å². The molecule has 2 aromatic carbocycles. The number of anilines is 1. The molecule has 1 atom stereocenters. The van der Waals surface area contributed by atoms with Crippen LogP contribution >= 0.6 is 102 Å². The van der Waals surface area contributed by atoms with E-state index in [0.29, 0.717) is 34.5 Å². The van der Waals surface area contributed by atoms with E-state index in [1.165, 1.54) is 0 Å². The predicted octanol–water partition coefficient (Wildman–Crippen LogP) is 5.87. The van der Waals surface area contributed by atoms with Crippen molar-refractivity contribution in [1.29, 1.82) is 0 Å². The molecule has 0 saturated heterocycles. The quantitative estimate of drug-likeness (QED) is 0.129. The first-order valence-electron chi connectivity index (χ1n) is 9.83. The van der Waals surface area contributed by atoms with Crippen molar-refractivity contribution in [1.82, 2.24) is 4.90 Å². The number of nitrogens with zero attached hydrogens (tertiary/aromatic N) is 1. The average molecular weight is 932 g/mol. The lowest BCUT2D eigenvalue weighted by Crippen LogP contribution is -2.49. The summed E-state index contributed by atoms with van der Waals surface area (Å²) < 4.78 is 8.35. The number of fused-ring (bicyclic) bond motifs is 1. The monoisotopic (exact) mass is 932 g/mol. The van der Waals surface area contributed by atoms with Crippen molar-refractivity contribution < 1.29 is 23.9 Å². The second kappa shape index (κ2) is 11.4. The van der Waals surface area contributed by atoms with Gasteiger partial charge in [0, 0.05) is 25.0 Å². The van der Waals surface area contributed by atoms with Gasteiger partial charge in [0.05, 0.1) is 11.1 Å². The zero-order chi connectivity index (χ0) is 25.5. The summed E-state index contributed by atoms with van der Waals surface area (Å²) in [6.45, 7) is 4.62. The van der Waals surface area contributed by atoms with Gasteiger partial charge in [0.2, 0.25) is 0 Å². The van der Waals surface area contributed by atoms with Gasteiger partial charge in [0.25, 0.3) is 17.7 Å². The largest absolute Gasteiger partial charge is 0.454 e. The Hall–Kier alpha value is -0.270. The summed E-state index contributed by atoms with van der Waals surface area (Å²) in [6, 6.07) is 3.91. The molecule has 0 aliphatic carbocycles. The molecule has 34 heavy (non-hydrogen) atoms. The van der Waals surface area contributed by atoms with Gasteiger partial charge in [-0.15, -0.1) is 0 Å². The molecule has 1 N–H and O–H groups in total. The first kappa shape index (κ1) is 28.3. The molecular formula is C22H17ClI4N2O5. The molecule has 0 unspecified atom stereocenters. The van der Waals surface area contributed by atoms with Crippen LogP contribution in [0, 0.1) is 27.1 Å². The first-order valence-corrected chi connectivity index (χ1v) is 14.5. The molecule has 0 aromatic heterocycles. The highest BCUT2D eigenvalue weighted by Crippen LogP contribution is 2.39. The maximum absolute atomic E-state index is 13.3. The standard InChI is InChI=1S/C22H17ClI4N2O5/c1-8(2)19(22(33)34-7-12(30)28-11-6-4-5-10(23)9(11)3)29-20(31)13-14(21(29)32)16(25)18(27)17(26)15(13)24/h4-6,8,19H,7H2,1-3H3,(H,28,30)/t19-/m1/s1. The molecule has 0 saturated carbocycles. The smallest absolute Gasteiger partial charge is 0.330 e. The van der Waals surface area contributed by atoms with Crippen molar-refractivity contribution in [2.75, 3.05) is 11.9 Å². The lowest BCUT2D eigenvalue weighted by molar-refractivity contribution is -0.152. The topological polar surface area (TPSA) is 92.8 Å². The number of carbonyl (C=O) groups excluding carboxylic acids is 4. The van der Waals surface area contributed by atoms with E-state index in [9.17, 15) is 19.2 Å². The minimum absolute atomic E-state index is 0.299. The van der Waals surface area contributed by atoms with E-state index in [1.807, 2.05) is 0 Å². The molecule has 12 heteroatoms. The molecule has 0 spiro atoms. The maximum atomic E-state index is 13.3. The average Bonchev–Trinajstić information content (AvgIpc) is 3.03. The summed E-state index contributed by atoms with van der Waals surface area (Å²) in [4.78, 5) is 53.0. The number of rotatable bonds is 6. The van der Waals surface area contributed by atoms with Crippen LogP contribution in [0.2, 0.25) is 5.02 Å². The lowest BCUT2D eigenvalue weighted by Gasteiger charge is -2.27. The fourth-order valence-corrected chi connectivity index (χ4v) is 7.27. The summed E-state index contributed by atoms with van der Waals surface area (Å²) in [7, 11) is 0. The van der Waals surface area contributed by atoms with Crippen LogP contribution < -0.4 is 5.32 Å². The van der Waals surface area contributed by atoms with Crippen molar-refractivity contribution in [3.63, 3.8) is 0 Å². The van der Waals surface area contributed by atoms with Gasteiger partial charge in [-0.1, -0.05) is 31.5 Å². The summed E-state index contributed by atoms with van der Waals surface area (Å²) in [5.41, 5.74) is 1.78. The van der Waals surface area contributed by atoms with Crippen LogP contribution in [0.4, 0.5) is 5.69 Å². The third kappa shape index (κ3) is 5.37. The second-order valence-electron chi connectivity index (χ2n) is 7.74. The van der Waals surface area contributed by atoms with E-state index >= 15 is 0 Å². The first-order chi connectivity index (χ1) is 15.9. The molecular weight excluding hydrogens is 915 g/mol. The van der Waals surface area contributed by atoms with E-state index in [0.717, 1.165) is 12.0 Å². The minimum Gasteiger partial charge on any atom is -0.454 e. The molecule has 1 aliphatic rings. The van der Waals surface area contributed by atoms with Crippen molar-refractivity contribution in [2.45, 2.75) is 26.8 Å². The molecule has 1 heterocycles. The van der Waals surface area contributed by atoms with Crippen molar-refractivity contribution in [2.24, 2.45) is 5.92 Å². The number of hydrogen-bond acceptors (Lipinski definition) is 5. The van der Waals surface area contributed by atoms with E-state index in [2.05, 4.69) is 95.7 Å². The van der Waals surface area contributed by atoms with Gasteiger partial charge < -0.3 is 10.1 Å². The van der Waals surface area contributed by atoms with Crippen LogP contribution in [0.25, 0.3) is 0 Å². The summed E-state index contributed by atoms with van der Waals surface area (Å²) >= 11 is 14.5. The van der Waals surface area contributed by atoms with Gasteiger partial charge in [-0.2, -0.15) is 0 Å². The van der Waals surface area contributed by atoms with E-state index in [4.69, 9.17) is 16.3 Å². The van der Waals surface area contributed by atoms with Crippen molar-refractivity contribution >= 4 is 131 Å². The van der Waals surface area contributed by atoms with Crippen molar-refractivity contribution in [3.05, 3.63) is 54.2 Å². The zero-order valence-corrected chi connectivity index (χ0v) is 27.4. The van der Waals surface area contributed by atoms with E-state index in [1.54, 1.807) is 39.0 Å². The Kier molecular flexibility index (Phi) is 9.50. The van der Waals surface area contributed by atoms with Crippen LogP contribution in [0.1, 0.15) is 40.1 Å². The van der Waals surface area contributed by atoms with Gasteiger partial charge in [0.15, 0.2) is 6.61 Å².